The number of carbonyl (C=O) groups is 3. The summed E-state index contributed by atoms with van der Waals surface area (Å²) >= 11 is 6.02. The first-order chi connectivity index (χ1) is 16.4. The monoisotopic (exact) mass is 500 g/mol. The molecule has 3 rings (SSSR count). The van der Waals surface area contributed by atoms with Crippen LogP contribution in [0.1, 0.15) is 60.4 Å². The number of amides is 2. The Labute approximate surface area is 211 Å². The van der Waals surface area contributed by atoms with Gasteiger partial charge in [-0.05, 0) is 54.3 Å². The van der Waals surface area contributed by atoms with Crippen LogP contribution in [-0.4, -0.2) is 54.0 Å². The summed E-state index contributed by atoms with van der Waals surface area (Å²) in [5, 5.41) is 15.0. The van der Waals surface area contributed by atoms with Gasteiger partial charge in [0.2, 0.25) is 5.91 Å². The van der Waals surface area contributed by atoms with Crippen LogP contribution in [0.2, 0.25) is 5.02 Å². The van der Waals surface area contributed by atoms with Crippen LogP contribution >= 0.6 is 11.6 Å². The average Bonchev–Trinajstić information content (AvgIpc) is 2.83. The second-order valence-corrected chi connectivity index (χ2v) is 10.5. The molecule has 188 valence electrons. The molecule has 0 aromatic heterocycles. The number of aliphatic hydroxyl groups is 1. The van der Waals surface area contributed by atoms with Crippen molar-refractivity contribution in [2.45, 2.75) is 45.8 Å². The van der Waals surface area contributed by atoms with E-state index in [-0.39, 0.29) is 11.8 Å². The Balaban J connectivity index is 1.74. The predicted octanol–water partition coefficient (Wildman–Crippen LogP) is 4.03. The molecule has 0 aliphatic carbocycles. The van der Waals surface area contributed by atoms with Gasteiger partial charge in [0, 0.05) is 29.1 Å². The number of ether oxygens (including phenoxy) is 1. The minimum absolute atomic E-state index is 0.152. The Bertz CT molecular complexity index is 1080. The first-order valence-electron chi connectivity index (χ1n) is 11.7. The number of benzene rings is 2. The number of hydrogen-bond donors (Lipinski definition) is 2. The lowest BCUT2D eigenvalue weighted by Gasteiger charge is -2.51. The van der Waals surface area contributed by atoms with Crippen molar-refractivity contribution >= 4 is 29.4 Å². The summed E-state index contributed by atoms with van der Waals surface area (Å²) in [6.07, 6.45) is 0.362. The topological polar surface area (TPSA) is 95.9 Å². The van der Waals surface area contributed by atoms with Crippen molar-refractivity contribution in [3.05, 3.63) is 70.2 Å². The van der Waals surface area contributed by atoms with Gasteiger partial charge in [-0.15, -0.1) is 0 Å². The van der Waals surface area contributed by atoms with E-state index in [0.717, 1.165) is 5.56 Å². The van der Waals surface area contributed by atoms with Gasteiger partial charge in [-0.25, -0.2) is 4.79 Å². The van der Waals surface area contributed by atoms with Crippen molar-refractivity contribution in [3.8, 4) is 0 Å². The average molecular weight is 501 g/mol. The van der Waals surface area contributed by atoms with E-state index in [2.05, 4.69) is 10.1 Å². The SMILES string of the molecule is COC(=O)c1ccc(C(=O)N[C@@H](C(=O)N2CC[C@](O)(c3ccc(Cl)cc3)C(C)(C)C2)C(C)C)cc1. The number of rotatable bonds is 6. The third-order valence-electron chi connectivity index (χ3n) is 6.87. The fourth-order valence-electron chi connectivity index (χ4n) is 4.58. The van der Waals surface area contributed by atoms with Crippen LogP contribution in [0.4, 0.5) is 0 Å². The van der Waals surface area contributed by atoms with Crippen LogP contribution in [0.3, 0.4) is 0 Å². The number of esters is 1. The smallest absolute Gasteiger partial charge is 0.337 e. The molecular weight excluding hydrogens is 468 g/mol. The normalized spacial score (nSPS) is 20.3. The summed E-state index contributed by atoms with van der Waals surface area (Å²) in [4.78, 5) is 39.8. The quantitative estimate of drug-likeness (QED) is 0.584. The van der Waals surface area contributed by atoms with Crippen LogP contribution in [-0.2, 0) is 15.1 Å². The zero-order valence-electron chi connectivity index (χ0n) is 20.8. The van der Waals surface area contributed by atoms with Gasteiger partial charge in [-0.2, -0.15) is 0 Å². The van der Waals surface area contributed by atoms with Crippen LogP contribution in [0.15, 0.2) is 48.5 Å². The zero-order chi connectivity index (χ0) is 26.0. The summed E-state index contributed by atoms with van der Waals surface area (Å²) < 4.78 is 4.68. The minimum atomic E-state index is -1.12. The molecule has 7 nitrogen and oxygen atoms in total. The summed E-state index contributed by atoms with van der Waals surface area (Å²) in [5.41, 5.74) is -0.310. The number of nitrogens with zero attached hydrogens (tertiary/aromatic N) is 1. The van der Waals surface area contributed by atoms with Crippen LogP contribution in [0, 0.1) is 11.3 Å². The van der Waals surface area contributed by atoms with Crippen molar-refractivity contribution < 1.29 is 24.2 Å². The molecule has 1 aliphatic rings. The molecule has 1 aliphatic heterocycles. The van der Waals surface area contributed by atoms with E-state index in [0.29, 0.717) is 35.7 Å². The highest BCUT2D eigenvalue weighted by atomic mass is 35.5. The van der Waals surface area contributed by atoms with Gasteiger partial charge in [0.15, 0.2) is 0 Å². The number of nitrogens with one attached hydrogen (secondary N) is 1. The van der Waals surface area contributed by atoms with E-state index in [9.17, 15) is 19.5 Å². The molecule has 2 aromatic rings. The van der Waals surface area contributed by atoms with Crippen molar-refractivity contribution in [1.82, 2.24) is 10.2 Å². The van der Waals surface area contributed by atoms with Gasteiger partial charge in [0.1, 0.15) is 6.04 Å². The maximum absolute atomic E-state index is 13.5. The van der Waals surface area contributed by atoms with Gasteiger partial charge in [-0.3, -0.25) is 9.59 Å². The van der Waals surface area contributed by atoms with E-state index in [1.54, 1.807) is 17.0 Å². The van der Waals surface area contributed by atoms with E-state index >= 15 is 0 Å². The molecule has 0 spiro atoms. The number of likely N-dealkylation sites (tertiary alicyclic amines) is 1. The molecule has 0 saturated carbocycles. The third-order valence-corrected chi connectivity index (χ3v) is 7.12. The maximum Gasteiger partial charge on any atom is 0.337 e. The molecule has 2 N–H and O–H groups in total. The maximum atomic E-state index is 13.5. The van der Waals surface area contributed by atoms with Crippen molar-refractivity contribution in [1.29, 1.82) is 0 Å². The molecule has 2 atom stereocenters. The second kappa shape index (κ2) is 10.4. The van der Waals surface area contributed by atoms with Crippen molar-refractivity contribution in [3.63, 3.8) is 0 Å². The Morgan fingerprint density at radius 1 is 1.03 bits per heavy atom. The molecular formula is C27H33ClN2O5. The Morgan fingerprint density at radius 2 is 1.60 bits per heavy atom. The Morgan fingerprint density at radius 3 is 2.11 bits per heavy atom. The number of hydrogen-bond acceptors (Lipinski definition) is 5. The predicted molar refractivity (Wildman–Crippen MR) is 134 cm³/mol. The lowest BCUT2D eigenvalue weighted by atomic mass is 9.66. The summed E-state index contributed by atoms with van der Waals surface area (Å²) in [5.74, 6) is -1.23. The van der Waals surface area contributed by atoms with Gasteiger partial charge in [-0.1, -0.05) is 51.4 Å². The largest absolute Gasteiger partial charge is 0.465 e. The molecule has 2 amide bonds. The van der Waals surface area contributed by atoms with Crippen molar-refractivity contribution in [2.75, 3.05) is 20.2 Å². The summed E-state index contributed by atoms with van der Waals surface area (Å²) in [7, 11) is 1.29. The lowest BCUT2D eigenvalue weighted by Crippen LogP contribution is -2.60. The van der Waals surface area contributed by atoms with E-state index in [1.165, 1.54) is 31.4 Å². The van der Waals surface area contributed by atoms with Crippen molar-refractivity contribution in [2.24, 2.45) is 11.3 Å². The van der Waals surface area contributed by atoms with Gasteiger partial charge in [0.25, 0.3) is 5.91 Å². The summed E-state index contributed by atoms with van der Waals surface area (Å²) in [6.45, 7) is 8.32. The minimum Gasteiger partial charge on any atom is -0.465 e. The van der Waals surface area contributed by atoms with Gasteiger partial charge < -0.3 is 20.1 Å². The highest BCUT2D eigenvalue weighted by Crippen LogP contribution is 2.46. The fraction of sp³-hybridized carbons (Fsp3) is 0.444. The first-order valence-corrected chi connectivity index (χ1v) is 12.0. The van der Waals surface area contributed by atoms with Crippen LogP contribution in [0.25, 0.3) is 0 Å². The lowest BCUT2D eigenvalue weighted by molar-refractivity contribution is -0.155. The van der Waals surface area contributed by atoms with Crippen LogP contribution in [0.5, 0.6) is 0 Å². The highest BCUT2D eigenvalue weighted by molar-refractivity contribution is 6.30. The molecule has 8 heteroatoms. The summed E-state index contributed by atoms with van der Waals surface area (Å²) in [6, 6.07) is 12.5. The molecule has 0 radical (unpaired) electrons. The molecule has 1 fully saturated rings. The molecule has 0 bridgehead atoms. The van der Waals surface area contributed by atoms with E-state index in [4.69, 9.17) is 11.6 Å². The zero-order valence-corrected chi connectivity index (χ0v) is 21.6. The van der Waals surface area contributed by atoms with Gasteiger partial charge in [0.05, 0.1) is 18.3 Å². The molecule has 2 aromatic carbocycles. The Hall–Kier alpha value is -2.90. The van der Waals surface area contributed by atoms with E-state index in [1.807, 2.05) is 39.8 Å². The third kappa shape index (κ3) is 5.52. The number of carbonyl (C=O) groups excluding carboxylic acids is 3. The Kier molecular flexibility index (Phi) is 7.92. The molecule has 0 unspecified atom stereocenters. The highest BCUT2D eigenvalue weighted by Gasteiger charge is 2.50. The number of halogens is 1. The fourth-order valence-corrected chi connectivity index (χ4v) is 4.71. The van der Waals surface area contributed by atoms with Gasteiger partial charge >= 0.3 is 5.97 Å². The number of methoxy groups -OCH3 is 1. The van der Waals surface area contributed by atoms with E-state index < -0.39 is 28.9 Å². The molecule has 1 heterocycles. The standard InChI is InChI=1S/C27H33ClN2O5/c1-17(2)22(29-23(31)18-6-8-19(9-7-18)25(33)35-5)24(32)30-15-14-27(34,26(3,4)16-30)20-10-12-21(28)13-11-20/h6-13,17,22,34H,14-16H2,1-5H3,(H,29,31)/t22-,27+/m1/s1. The second-order valence-electron chi connectivity index (χ2n) is 10.0. The first kappa shape index (κ1) is 26.7. The molecule has 1 saturated heterocycles. The number of piperidine rings is 1. The van der Waals surface area contributed by atoms with Crippen LogP contribution < -0.4 is 5.32 Å². The molecule has 35 heavy (non-hydrogen) atoms.